The zero-order valence-corrected chi connectivity index (χ0v) is 12.2. The zero-order chi connectivity index (χ0) is 11.8. The van der Waals surface area contributed by atoms with Crippen LogP contribution in [0.25, 0.3) is 0 Å². The summed E-state index contributed by atoms with van der Waals surface area (Å²) in [6.07, 6.45) is 9.19. The van der Waals surface area contributed by atoms with Crippen LogP contribution in [-0.4, -0.2) is 35.2 Å². The molecule has 1 rings (SSSR count). The van der Waals surface area contributed by atoms with Crippen molar-refractivity contribution >= 4 is 9.28 Å². The van der Waals surface area contributed by atoms with E-state index in [4.69, 9.17) is 8.85 Å². The molecule has 1 saturated carbocycles. The Hall–Kier alpha value is 0.0969. The molecule has 1 N–H and O–H groups in total. The van der Waals surface area contributed by atoms with Crippen LogP contribution in [0.2, 0.25) is 0 Å². The molecule has 0 heterocycles. The highest BCUT2D eigenvalue weighted by molar-refractivity contribution is 6.46. The first-order valence-corrected chi connectivity index (χ1v) is 8.24. The minimum absolute atomic E-state index is 0.475. The summed E-state index contributed by atoms with van der Waals surface area (Å²) < 4.78 is 11.0. The molecule has 4 heteroatoms. The van der Waals surface area contributed by atoms with Gasteiger partial charge >= 0.3 is 9.28 Å². The molecule has 1 fully saturated rings. The molecule has 0 aliphatic heterocycles. The Morgan fingerprint density at radius 2 is 1.81 bits per heavy atom. The lowest BCUT2D eigenvalue weighted by Gasteiger charge is -2.30. The third kappa shape index (κ3) is 4.53. The molecule has 1 atom stereocenters. The van der Waals surface area contributed by atoms with E-state index in [0.717, 1.165) is 0 Å². The van der Waals surface area contributed by atoms with Crippen LogP contribution in [0.15, 0.2) is 0 Å². The Morgan fingerprint density at radius 1 is 1.19 bits per heavy atom. The van der Waals surface area contributed by atoms with E-state index in [-0.39, 0.29) is 0 Å². The summed E-state index contributed by atoms with van der Waals surface area (Å²) in [5.74, 6) is 0. The van der Waals surface area contributed by atoms with Gasteiger partial charge < -0.3 is 14.2 Å². The number of hydrogen-bond donors (Lipinski definition) is 1. The molecule has 0 amide bonds. The third-order valence-electron chi connectivity index (χ3n) is 3.45. The van der Waals surface area contributed by atoms with Crippen molar-refractivity contribution in [1.29, 1.82) is 0 Å². The monoisotopic (exact) mass is 245 g/mol. The highest BCUT2D eigenvalue weighted by Crippen LogP contribution is 2.19. The van der Waals surface area contributed by atoms with Crippen molar-refractivity contribution in [1.82, 2.24) is 5.32 Å². The van der Waals surface area contributed by atoms with E-state index in [9.17, 15) is 0 Å². The van der Waals surface area contributed by atoms with Gasteiger partial charge in [0, 0.05) is 25.9 Å². The van der Waals surface area contributed by atoms with Crippen LogP contribution in [0.4, 0.5) is 0 Å². The summed E-state index contributed by atoms with van der Waals surface area (Å²) in [6, 6.07) is 0.700. The summed E-state index contributed by atoms with van der Waals surface area (Å²) in [5.41, 5.74) is 0.475. The lowest BCUT2D eigenvalue weighted by Crippen LogP contribution is -2.50. The van der Waals surface area contributed by atoms with Crippen molar-refractivity contribution in [3.8, 4) is 0 Å². The predicted octanol–water partition coefficient (Wildman–Crippen LogP) is 2.13. The average molecular weight is 245 g/mol. The highest BCUT2D eigenvalue weighted by Gasteiger charge is 2.26. The fourth-order valence-corrected chi connectivity index (χ4v) is 4.49. The van der Waals surface area contributed by atoms with Gasteiger partial charge in [-0.25, -0.2) is 0 Å². The topological polar surface area (TPSA) is 30.5 Å². The quantitative estimate of drug-likeness (QED) is 0.697. The zero-order valence-electron chi connectivity index (χ0n) is 11.0. The van der Waals surface area contributed by atoms with Gasteiger partial charge in [0.1, 0.15) is 0 Å². The predicted molar refractivity (Wildman–Crippen MR) is 69.9 cm³/mol. The van der Waals surface area contributed by atoms with Crippen molar-refractivity contribution < 1.29 is 8.85 Å². The Labute approximate surface area is 102 Å². The first-order valence-electron chi connectivity index (χ1n) is 6.63. The van der Waals surface area contributed by atoms with Crippen molar-refractivity contribution in [2.24, 2.45) is 0 Å². The molecular weight excluding hydrogens is 218 g/mol. The van der Waals surface area contributed by atoms with Gasteiger partial charge in [-0.3, -0.25) is 0 Å². The summed E-state index contributed by atoms with van der Waals surface area (Å²) in [6.45, 7) is 2.23. The standard InChI is InChI=1S/C12H27NO2Si/c1-4-8-12(16(14-2)15-3)13-11-9-6-5-7-10-11/h11-13,16H,4-10H2,1-3H3. The van der Waals surface area contributed by atoms with Gasteiger partial charge in [-0.05, 0) is 19.3 Å². The summed E-state index contributed by atoms with van der Waals surface area (Å²) in [5, 5.41) is 3.77. The van der Waals surface area contributed by atoms with Crippen LogP contribution in [0.5, 0.6) is 0 Å². The molecule has 0 spiro atoms. The van der Waals surface area contributed by atoms with Gasteiger partial charge in [0.2, 0.25) is 0 Å². The van der Waals surface area contributed by atoms with Gasteiger partial charge in [0.05, 0.1) is 0 Å². The number of rotatable bonds is 7. The molecule has 0 aromatic carbocycles. The molecule has 3 nitrogen and oxygen atoms in total. The number of hydrogen-bond acceptors (Lipinski definition) is 3. The molecular formula is C12H27NO2Si. The van der Waals surface area contributed by atoms with Crippen LogP contribution >= 0.6 is 0 Å². The lowest BCUT2D eigenvalue weighted by molar-refractivity contribution is 0.243. The molecule has 0 aromatic rings. The molecule has 16 heavy (non-hydrogen) atoms. The van der Waals surface area contributed by atoms with E-state index in [2.05, 4.69) is 12.2 Å². The molecule has 0 bridgehead atoms. The van der Waals surface area contributed by atoms with E-state index in [1.165, 1.54) is 44.9 Å². The molecule has 1 aliphatic rings. The maximum Gasteiger partial charge on any atom is 0.338 e. The van der Waals surface area contributed by atoms with Gasteiger partial charge in [-0.1, -0.05) is 32.6 Å². The average Bonchev–Trinajstić information content (AvgIpc) is 2.32. The second-order valence-electron chi connectivity index (χ2n) is 4.74. The molecule has 1 unspecified atom stereocenters. The van der Waals surface area contributed by atoms with E-state index in [0.29, 0.717) is 11.7 Å². The number of nitrogens with one attached hydrogen (secondary N) is 1. The maximum atomic E-state index is 5.51. The molecule has 0 aromatic heterocycles. The smallest absolute Gasteiger partial charge is 0.338 e. The van der Waals surface area contributed by atoms with Gasteiger partial charge in [0.15, 0.2) is 0 Å². The van der Waals surface area contributed by atoms with Crippen molar-refractivity contribution in [3.05, 3.63) is 0 Å². The lowest BCUT2D eigenvalue weighted by atomic mass is 9.95. The van der Waals surface area contributed by atoms with Crippen LogP contribution in [0, 0.1) is 0 Å². The van der Waals surface area contributed by atoms with E-state index in [1.54, 1.807) is 14.2 Å². The van der Waals surface area contributed by atoms with Crippen LogP contribution in [0.3, 0.4) is 0 Å². The largest absolute Gasteiger partial charge is 0.399 e. The molecule has 96 valence electrons. The Balaban J connectivity index is 2.41. The first-order chi connectivity index (χ1) is 7.81. The SMILES string of the molecule is CCCC(NC1CCCCC1)[SiH](OC)OC. The van der Waals surface area contributed by atoms with Crippen molar-refractivity contribution in [2.75, 3.05) is 14.2 Å². The first kappa shape index (κ1) is 14.2. The summed E-state index contributed by atoms with van der Waals surface area (Å²) in [4.78, 5) is 0. The normalized spacial score (nSPS) is 20.2. The van der Waals surface area contributed by atoms with Crippen LogP contribution < -0.4 is 5.32 Å². The van der Waals surface area contributed by atoms with Gasteiger partial charge in [-0.15, -0.1) is 0 Å². The van der Waals surface area contributed by atoms with Crippen molar-refractivity contribution in [3.63, 3.8) is 0 Å². The fourth-order valence-electron chi connectivity index (χ4n) is 2.61. The molecule has 0 radical (unpaired) electrons. The second-order valence-corrected chi connectivity index (χ2v) is 7.22. The summed E-state index contributed by atoms with van der Waals surface area (Å²) >= 11 is 0. The fraction of sp³-hybridized carbons (Fsp3) is 1.00. The van der Waals surface area contributed by atoms with E-state index in [1.807, 2.05) is 0 Å². The Kier molecular flexibility index (Phi) is 7.28. The van der Waals surface area contributed by atoms with Crippen LogP contribution in [-0.2, 0) is 8.85 Å². The third-order valence-corrected chi connectivity index (χ3v) is 5.56. The highest BCUT2D eigenvalue weighted by atomic mass is 28.3. The minimum Gasteiger partial charge on any atom is -0.399 e. The Bertz CT molecular complexity index is 170. The van der Waals surface area contributed by atoms with Gasteiger partial charge in [-0.2, -0.15) is 0 Å². The molecule has 1 aliphatic carbocycles. The molecule has 0 saturated heterocycles. The second kappa shape index (κ2) is 8.23. The van der Waals surface area contributed by atoms with Crippen LogP contribution in [0.1, 0.15) is 51.9 Å². The Morgan fingerprint density at radius 3 is 2.31 bits per heavy atom. The summed E-state index contributed by atoms with van der Waals surface area (Å²) in [7, 11) is 2.06. The maximum absolute atomic E-state index is 5.51. The van der Waals surface area contributed by atoms with Gasteiger partial charge in [0.25, 0.3) is 0 Å². The van der Waals surface area contributed by atoms with Crippen molar-refractivity contribution in [2.45, 2.75) is 63.6 Å². The minimum atomic E-state index is -1.51. The van der Waals surface area contributed by atoms with E-state index >= 15 is 0 Å². The van der Waals surface area contributed by atoms with E-state index < -0.39 is 9.28 Å².